The molecule has 0 fully saturated rings. The van der Waals surface area contributed by atoms with E-state index in [1.54, 1.807) is 12.4 Å². The van der Waals surface area contributed by atoms with Crippen molar-refractivity contribution in [1.82, 2.24) is 14.8 Å². The lowest BCUT2D eigenvalue weighted by atomic mass is 10.3. The zero-order valence-electron chi connectivity index (χ0n) is 9.84. The summed E-state index contributed by atoms with van der Waals surface area (Å²) in [6.07, 6.45) is 6.29. The molecule has 0 aromatic carbocycles. The van der Waals surface area contributed by atoms with Crippen LogP contribution in [0.2, 0.25) is 0 Å². The Labute approximate surface area is 100 Å². The van der Waals surface area contributed by atoms with Crippen LogP contribution in [0.1, 0.15) is 19.0 Å². The molecule has 2 heterocycles. The van der Waals surface area contributed by atoms with Crippen molar-refractivity contribution in [3.05, 3.63) is 36.4 Å². The number of pyridine rings is 1. The van der Waals surface area contributed by atoms with Crippen molar-refractivity contribution in [2.75, 3.05) is 0 Å². The molecule has 0 aliphatic rings. The maximum absolute atomic E-state index is 5.62. The molecular weight excluding hydrogens is 216 g/mol. The van der Waals surface area contributed by atoms with Crippen LogP contribution in [-0.2, 0) is 13.1 Å². The third kappa shape index (κ3) is 3.04. The first kappa shape index (κ1) is 11.6. The second kappa shape index (κ2) is 5.45. The zero-order valence-corrected chi connectivity index (χ0v) is 9.84. The predicted molar refractivity (Wildman–Crippen MR) is 64.7 cm³/mol. The first-order valence-electron chi connectivity index (χ1n) is 5.67. The van der Waals surface area contributed by atoms with Gasteiger partial charge in [-0.05, 0) is 18.6 Å². The molecule has 2 N–H and O–H groups in total. The van der Waals surface area contributed by atoms with Gasteiger partial charge in [0.2, 0.25) is 0 Å². The molecule has 2 aromatic heterocycles. The Balaban J connectivity index is 2.03. The van der Waals surface area contributed by atoms with Gasteiger partial charge in [0.15, 0.2) is 5.75 Å². The highest BCUT2D eigenvalue weighted by Crippen LogP contribution is 2.19. The molecule has 2 aromatic rings. The Morgan fingerprint density at radius 3 is 2.82 bits per heavy atom. The summed E-state index contributed by atoms with van der Waals surface area (Å²) < 4.78 is 7.48. The minimum atomic E-state index is 0.439. The molecule has 5 heteroatoms. The third-order valence-electron chi connectivity index (χ3n) is 2.30. The lowest BCUT2D eigenvalue weighted by Crippen LogP contribution is -1.98. The topological polar surface area (TPSA) is 66.0 Å². The minimum absolute atomic E-state index is 0.439. The molecule has 0 aliphatic heterocycles. The van der Waals surface area contributed by atoms with Crippen LogP contribution >= 0.6 is 0 Å². The Kier molecular flexibility index (Phi) is 3.72. The lowest BCUT2D eigenvalue weighted by Gasteiger charge is -2.02. The van der Waals surface area contributed by atoms with Crippen LogP contribution in [0.4, 0.5) is 0 Å². The van der Waals surface area contributed by atoms with Crippen molar-refractivity contribution in [2.24, 2.45) is 5.73 Å². The predicted octanol–water partition coefficient (Wildman–Crippen LogP) is 1.94. The van der Waals surface area contributed by atoms with Gasteiger partial charge in [-0.1, -0.05) is 6.92 Å². The number of aryl methyl sites for hydroxylation is 1. The Bertz CT molecular complexity index is 464. The van der Waals surface area contributed by atoms with E-state index in [-0.39, 0.29) is 0 Å². The highest BCUT2D eigenvalue weighted by molar-refractivity contribution is 5.26. The van der Waals surface area contributed by atoms with E-state index in [0.717, 1.165) is 24.4 Å². The number of hydrogen-bond donors (Lipinski definition) is 1. The molecule has 0 aliphatic carbocycles. The van der Waals surface area contributed by atoms with Gasteiger partial charge < -0.3 is 10.5 Å². The number of nitrogens with two attached hydrogens (primary N) is 1. The molecule has 0 spiro atoms. The number of nitrogens with zero attached hydrogens (tertiary/aromatic N) is 3. The summed E-state index contributed by atoms with van der Waals surface area (Å²) in [6, 6.07) is 3.71. The monoisotopic (exact) mass is 232 g/mol. The van der Waals surface area contributed by atoms with Gasteiger partial charge in [-0.15, -0.1) is 0 Å². The first-order valence-corrected chi connectivity index (χ1v) is 5.67. The quantitative estimate of drug-likeness (QED) is 0.855. The summed E-state index contributed by atoms with van der Waals surface area (Å²) in [6.45, 7) is 3.44. The Morgan fingerprint density at radius 1 is 1.29 bits per heavy atom. The van der Waals surface area contributed by atoms with Gasteiger partial charge in [0.05, 0.1) is 24.3 Å². The number of hydrogen-bond acceptors (Lipinski definition) is 4. The van der Waals surface area contributed by atoms with Crippen LogP contribution in [0.5, 0.6) is 11.5 Å². The van der Waals surface area contributed by atoms with E-state index in [0.29, 0.717) is 12.3 Å². The largest absolute Gasteiger partial charge is 0.452 e. The summed E-state index contributed by atoms with van der Waals surface area (Å²) in [4.78, 5) is 4.16. The van der Waals surface area contributed by atoms with Crippen LogP contribution in [0.3, 0.4) is 0 Å². The number of aromatic nitrogens is 3. The molecule has 0 saturated carbocycles. The third-order valence-corrected chi connectivity index (χ3v) is 2.30. The van der Waals surface area contributed by atoms with E-state index in [1.165, 1.54) is 0 Å². The summed E-state index contributed by atoms with van der Waals surface area (Å²) in [7, 11) is 0. The van der Waals surface area contributed by atoms with E-state index >= 15 is 0 Å². The van der Waals surface area contributed by atoms with Crippen molar-refractivity contribution < 1.29 is 4.74 Å². The average molecular weight is 232 g/mol. The summed E-state index contributed by atoms with van der Waals surface area (Å²) in [5.41, 5.74) is 6.32. The van der Waals surface area contributed by atoms with E-state index < -0.39 is 0 Å². The fourth-order valence-electron chi connectivity index (χ4n) is 1.48. The molecule has 5 nitrogen and oxygen atoms in total. The van der Waals surface area contributed by atoms with Crippen molar-refractivity contribution in [1.29, 1.82) is 0 Å². The summed E-state index contributed by atoms with van der Waals surface area (Å²) >= 11 is 0. The van der Waals surface area contributed by atoms with Crippen LogP contribution in [0, 0.1) is 0 Å². The van der Waals surface area contributed by atoms with Gasteiger partial charge in [0, 0.05) is 13.1 Å². The maximum atomic E-state index is 5.62. The van der Waals surface area contributed by atoms with Crippen LogP contribution in [0.25, 0.3) is 0 Å². The van der Waals surface area contributed by atoms with Gasteiger partial charge in [0.25, 0.3) is 0 Å². The van der Waals surface area contributed by atoms with E-state index in [4.69, 9.17) is 10.5 Å². The fraction of sp³-hybridized carbons (Fsp3) is 0.333. The highest BCUT2D eigenvalue weighted by Gasteiger charge is 2.01. The SMILES string of the molecule is CCCn1cc(Oc2ccc(CN)nc2)cn1. The van der Waals surface area contributed by atoms with E-state index in [1.807, 2.05) is 23.0 Å². The molecule has 90 valence electrons. The lowest BCUT2D eigenvalue weighted by molar-refractivity contribution is 0.477. The summed E-state index contributed by atoms with van der Waals surface area (Å²) in [5, 5.41) is 4.19. The van der Waals surface area contributed by atoms with Gasteiger partial charge in [-0.25, -0.2) is 0 Å². The second-order valence-corrected chi connectivity index (χ2v) is 3.73. The average Bonchev–Trinajstić information content (AvgIpc) is 2.78. The smallest absolute Gasteiger partial charge is 0.165 e. The zero-order chi connectivity index (χ0) is 12.1. The first-order chi connectivity index (χ1) is 8.31. The van der Waals surface area contributed by atoms with Gasteiger partial charge in [-0.3, -0.25) is 9.67 Å². The molecular formula is C12H16N4O. The van der Waals surface area contributed by atoms with Crippen LogP contribution < -0.4 is 10.5 Å². The number of rotatable bonds is 5. The molecule has 0 unspecified atom stereocenters. The molecule has 0 amide bonds. The van der Waals surface area contributed by atoms with Crippen LogP contribution in [0.15, 0.2) is 30.7 Å². The van der Waals surface area contributed by atoms with Gasteiger partial charge in [-0.2, -0.15) is 5.10 Å². The van der Waals surface area contributed by atoms with E-state index in [2.05, 4.69) is 17.0 Å². The number of ether oxygens (including phenoxy) is 1. The Hall–Kier alpha value is -1.88. The summed E-state index contributed by atoms with van der Waals surface area (Å²) in [5.74, 6) is 1.42. The van der Waals surface area contributed by atoms with Crippen molar-refractivity contribution in [3.63, 3.8) is 0 Å². The molecule has 0 saturated heterocycles. The molecule has 2 rings (SSSR count). The Morgan fingerprint density at radius 2 is 2.18 bits per heavy atom. The van der Waals surface area contributed by atoms with Crippen molar-refractivity contribution in [3.8, 4) is 11.5 Å². The fourth-order valence-corrected chi connectivity index (χ4v) is 1.48. The highest BCUT2D eigenvalue weighted by atomic mass is 16.5. The second-order valence-electron chi connectivity index (χ2n) is 3.73. The van der Waals surface area contributed by atoms with Gasteiger partial charge in [0.1, 0.15) is 5.75 Å². The minimum Gasteiger partial charge on any atom is -0.452 e. The van der Waals surface area contributed by atoms with Crippen molar-refractivity contribution in [2.45, 2.75) is 26.4 Å². The van der Waals surface area contributed by atoms with Crippen molar-refractivity contribution >= 4 is 0 Å². The molecule has 17 heavy (non-hydrogen) atoms. The van der Waals surface area contributed by atoms with Crippen LogP contribution in [-0.4, -0.2) is 14.8 Å². The van der Waals surface area contributed by atoms with E-state index in [9.17, 15) is 0 Å². The molecule has 0 bridgehead atoms. The molecule has 0 radical (unpaired) electrons. The standard InChI is InChI=1S/C12H16N4O/c1-2-5-16-9-12(8-15-16)17-11-4-3-10(6-13)14-7-11/h3-4,7-9H,2,5-6,13H2,1H3. The van der Waals surface area contributed by atoms with Gasteiger partial charge >= 0.3 is 0 Å². The molecule has 0 atom stereocenters. The maximum Gasteiger partial charge on any atom is 0.165 e. The normalized spacial score (nSPS) is 10.5.